The van der Waals surface area contributed by atoms with Gasteiger partial charge in [-0.15, -0.1) is 6.58 Å². The Morgan fingerprint density at radius 2 is 1.64 bits per heavy atom. The summed E-state index contributed by atoms with van der Waals surface area (Å²) < 4.78 is 0. The van der Waals surface area contributed by atoms with Crippen LogP contribution in [0.1, 0.15) is 65.9 Å². The predicted octanol–water partition coefficient (Wildman–Crippen LogP) is 5.21. The van der Waals surface area contributed by atoms with Crippen LogP contribution in [0, 0.1) is 0 Å². The molecule has 1 amide bonds. The molecule has 33 heavy (non-hydrogen) atoms. The lowest BCUT2D eigenvalue weighted by Crippen LogP contribution is -2.39. The summed E-state index contributed by atoms with van der Waals surface area (Å²) in [4.78, 5) is 11.1. The van der Waals surface area contributed by atoms with Crippen LogP contribution in [-0.4, -0.2) is 42.1 Å². The molecule has 1 fully saturated rings. The number of piperidine rings is 1. The number of amides is 1. The number of nitrogens with one attached hydrogen (secondary N) is 1. The Morgan fingerprint density at radius 1 is 1.12 bits per heavy atom. The summed E-state index contributed by atoms with van der Waals surface area (Å²) in [7, 11) is 0. The van der Waals surface area contributed by atoms with Gasteiger partial charge in [-0.1, -0.05) is 56.4 Å². The molecule has 1 aromatic carbocycles. The predicted molar refractivity (Wildman–Crippen MR) is 146 cm³/mol. The Bertz CT molecular complexity index is 586. The molecule has 1 aromatic rings. The first-order chi connectivity index (χ1) is 16.0. The van der Waals surface area contributed by atoms with E-state index in [1.54, 1.807) is 12.2 Å². The summed E-state index contributed by atoms with van der Waals surface area (Å²) in [5.74, 6) is 0. The summed E-state index contributed by atoms with van der Waals surface area (Å²) in [6, 6.07) is 8.58. The number of likely N-dealkylation sites (tertiary alicyclic amines) is 1. The minimum absolute atomic E-state index is 0.109. The second-order valence-corrected chi connectivity index (χ2v) is 7.12. The number of primary amides is 1. The van der Waals surface area contributed by atoms with Crippen LogP contribution in [-0.2, 0) is 11.4 Å². The Kier molecular flexibility index (Phi) is 31.2. The minimum atomic E-state index is 0.109. The van der Waals surface area contributed by atoms with Crippen LogP contribution >= 0.6 is 0 Å². The fourth-order valence-corrected chi connectivity index (χ4v) is 2.87. The van der Waals surface area contributed by atoms with Gasteiger partial charge in [-0.25, -0.2) is 0 Å². The van der Waals surface area contributed by atoms with E-state index in [1.807, 2.05) is 39.0 Å². The molecule has 2 rings (SSSR count). The lowest BCUT2D eigenvalue weighted by atomic mass is 10.0. The van der Waals surface area contributed by atoms with E-state index in [2.05, 4.69) is 54.6 Å². The molecule has 6 N–H and O–H groups in total. The van der Waals surface area contributed by atoms with Gasteiger partial charge < -0.3 is 26.8 Å². The normalized spacial score (nSPS) is 13.2. The first-order valence-electron chi connectivity index (χ1n) is 11.8. The zero-order valence-electron chi connectivity index (χ0n) is 21.7. The topological polar surface area (TPSA) is 105 Å². The lowest BCUT2D eigenvalue weighted by molar-refractivity contribution is -0.106. The highest BCUT2D eigenvalue weighted by Crippen LogP contribution is 2.20. The summed E-state index contributed by atoms with van der Waals surface area (Å²) >= 11 is 0. The van der Waals surface area contributed by atoms with Crippen LogP contribution in [0.4, 0.5) is 5.69 Å². The van der Waals surface area contributed by atoms with Crippen molar-refractivity contribution in [3.63, 3.8) is 0 Å². The van der Waals surface area contributed by atoms with Gasteiger partial charge in [-0.2, -0.15) is 0 Å². The van der Waals surface area contributed by atoms with Crippen molar-refractivity contribution in [1.82, 2.24) is 4.90 Å². The number of nitrogens with two attached hydrogens (primary N) is 2. The zero-order valence-corrected chi connectivity index (χ0v) is 21.7. The molecule has 6 nitrogen and oxygen atoms in total. The van der Waals surface area contributed by atoms with Crippen LogP contribution in [0.15, 0.2) is 61.3 Å². The van der Waals surface area contributed by atoms with Gasteiger partial charge in [0.25, 0.3) is 0 Å². The van der Waals surface area contributed by atoms with Crippen molar-refractivity contribution in [2.45, 2.75) is 73.0 Å². The first-order valence-corrected chi connectivity index (χ1v) is 11.8. The molecule has 0 atom stereocenters. The minimum Gasteiger partial charge on any atom is -0.405 e. The second-order valence-electron chi connectivity index (χ2n) is 7.12. The number of carbonyl (C=O) groups excluding carboxylic acids is 1. The van der Waals surface area contributed by atoms with Crippen molar-refractivity contribution >= 4 is 12.1 Å². The smallest absolute Gasteiger partial charge is 0.204 e. The number of allylic oxidation sites excluding steroid dienone is 4. The number of para-hydroxylation sites is 1. The first kappa shape index (κ1) is 35.0. The molecule has 6 heteroatoms. The summed E-state index contributed by atoms with van der Waals surface area (Å²) in [5, 5.41) is 12.9. The molecule has 0 aliphatic carbocycles. The number of hydrogen-bond acceptors (Lipinski definition) is 5. The standard InChI is InChI=1S/C15H24N2O.C5H10.C3H7N.C3H6.CH3NO/c1-2-9-17-10-7-14(8-11-17)16-15-6-4-3-5-13(15)12-18;1-3-5-4-2;1-2-3-4;1-3-2;2-1-3/h3-6,14,16,18H,2,7-12H2,1H3;3,5H,4H2,1-2H3;2-3H,4H2,1H3;3H,1H2,2H3;1H,(H2,2,3)/b;5-3-;3-2-;;. The monoisotopic (exact) mass is 462 g/mol. The number of benzene rings is 1. The molecule has 0 spiro atoms. The van der Waals surface area contributed by atoms with Gasteiger partial charge in [0.15, 0.2) is 0 Å². The van der Waals surface area contributed by atoms with Crippen LogP contribution in [0.2, 0.25) is 0 Å². The molecule has 1 aliphatic heterocycles. The second kappa shape index (κ2) is 29.4. The molecule has 0 unspecified atom stereocenters. The van der Waals surface area contributed by atoms with E-state index in [9.17, 15) is 5.11 Å². The van der Waals surface area contributed by atoms with E-state index in [1.165, 1.54) is 45.1 Å². The van der Waals surface area contributed by atoms with E-state index in [0.29, 0.717) is 6.04 Å². The molecule has 190 valence electrons. The number of hydrogen-bond donors (Lipinski definition) is 4. The summed E-state index contributed by atoms with van der Waals surface area (Å²) in [6.07, 6.45) is 14.3. The number of aliphatic hydroxyl groups excluding tert-OH is 1. The third-order valence-corrected chi connectivity index (χ3v) is 4.34. The van der Waals surface area contributed by atoms with Gasteiger partial charge in [-0.05, 0) is 65.3 Å². The molecule has 1 saturated heterocycles. The van der Waals surface area contributed by atoms with Gasteiger partial charge in [0.2, 0.25) is 6.41 Å². The molecule has 0 bridgehead atoms. The summed E-state index contributed by atoms with van der Waals surface area (Å²) in [6.45, 7) is 17.2. The largest absolute Gasteiger partial charge is 0.405 e. The molecular formula is C27H50N4O2. The molecule has 0 aromatic heterocycles. The van der Waals surface area contributed by atoms with Gasteiger partial charge in [0.1, 0.15) is 0 Å². The molecular weight excluding hydrogens is 412 g/mol. The zero-order chi connectivity index (χ0) is 25.7. The highest BCUT2D eigenvalue weighted by molar-refractivity contribution is 5.51. The third kappa shape index (κ3) is 23.9. The average molecular weight is 463 g/mol. The Morgan fingerprint density at radius 3 is 2.00 bits per heavy atom. The number of rotatable bonds is 6. The quantitative estimate of drug-likeness (QED) is 0.343. The van der Waals surface area contributed by atoms with E-state index in [0.717, 1.165) is 17.7 Å². The van der Waals surface area contributed by atoms with Crippen LogP contribution in [0.5, 0.6) is 0 Å². The van der Waals surface area contributed by atoms with Crippen LogP contribution in [0.3, 0.4) is 0 Å². The number of carbonyl (C=O) groups is 1. The van der Waals surface area contributed by atoms with Crippen molar-refractivity contribution in [2.24, 2.45) is 11.5 Å². The Labute approximate surface area is 203 Å². The number of anilines is 1. The van der Waals surface area contributed by atoms with Crippen LogP contribution in [0.25, 0.3) is 0 Å². The maximum atomic E-state index is 9.31. The highest BCUT2D eigenvalue weighted by atomic mass is 16.3. The summed E-state index contributed by atoms with van der Waals surface area (Å²) in [5.41, 5.74) is 11.1. The number of aliphatic hydroxyl groups is 1. The SMILES string of the molecule is C/C=C\CC.C/C=C\N.C=CC.CCCN1CCC(Nc2ccccc2CO)CC1.NC=O. The fourth-order valence-electron chi connectivity index (χ4n) is 2.87. The highest BCUT2D eigenvalue weighted by Gasteiger charge is 2.18. The van der Waals surface area contributed by atoms with Crippen LogP contribution < -0.4 is 16.8 Å². The molecule has 0 saturated carbocycles. The van der Waals surface area contributed by atoms with Gasteiger partial charge in [-0.3, -0.25) is 4.79 Å². The molecule has 1 aliphatic rings. The maximum Gasteiger partial charge on any atom is 0.204 e. The van der Waals surface area contributed by atoms with Crippen molar-refractivity contribution in [3.05, 3.63) is 66.9 Å². The third-order valence-electron chi connectivity index (χ3n) is 4.34. The molecule has 1 heterocycles. The van der Waals surface area contributed by atoms with E-state index in [4.69, 9.17) is 10.5 Å². The number of nitrogens with zero attached hydrogens (tertiary/aromatic N) is 1. The van der Waals surface area contributed by atoms with Crippen molar-refractivity contribution in [1.29, 1.82) is 0 Å². The molecule has 0 radical (unpaired) electrons. The maximum absolute atomic E-state index is 9.31. The van der Waals surface area contributed by atoms with Crippen molar-refractivity contribution in [3.8, 4) is 0 Å². The average Bonchev–Trinajstić information content (AvgIpc) is 2.83. The van der Waals surface area contributed by atoms with Gasteiger partial charge >= 0.3 is 0 Å². The Hall–Kier alpha value is -2.57. The van der Waals surface area contributed by atoms with E-state index >= 15 is 0 Å². The fraction of sp³-hybridized carbons (Fsp3) is 0.519. The lowest BCUT2D eigenvalue weighted by Gasteiger charge is -2.33. The van der Waals surface area contributed by atoms with Crippen molar-refractivity contribution in [2.75, 3.05) is 25.0 Å². The van der Waals surface area contributed by atoms with E-state index in [-0.39, 0.29) is 13.0 Å². The van der Waals surface area contributed by atoms with Crippen molar-refractivity contribution < 1.29 is 9.90 Å². The van der Waals surface area contributed by atoms with Gasteiger partial charge in [0, 0.05) is 30.4 Å². The Balaban J connectivity index is -0.000000494. The van der Waals surface area contributed by atoms with Gasteiger partial charge in [0.05, 0.1) is 6.61 Å². The van der Waals surface area contributed by atoms with E-state index < -0.39 is 0 Å².